The topological polar surface area (TPSA) is 92.2 Å². The zero-order valence-electron chi connectivity index (χ0n) is 11.9. The maximum atomic E-state index is 12.0. The number of carboxylic acids is 1. The van der Waals surface area contributed by atoms with E-state index < -0.39 is 17.1 Å². The number of nitrogens with zero attached hydrogens (tertiary/aromatic N) is 1. The number of carbonyl (C=O) groups is 1. The van der Waals surface area contributed by atoms with E-state index in [0.29, 0.717) is 12.1 Å². The molecule has 0 spiro atoms. The van der Waals surface area contributed by atoms with Gasteiger partial charge in [0.1, 0.15) is 0 Å². The smallest absolute Gasteiger partial charge is 0.337 e. The van der Waals surface area contributed by atoms with Crippen LogP contribution in [0, 0.1) is 0 Å². The lowest BCUT2D eigenvalue weighted by atomic mass is 10.1. The maximum Gasteiger partial charge on any atom is 0.337 e. The zero-order chi connectivity index (χ0) is 15.4. The monoisotopic (exact) mass is 290 g/mol. The van der Waals surface area contributed by atoms with Crippen molar-refractivity contribution < 1.29 is 9.90 Å². The molecular formula is C15H18N2O4. The summed E-state index contributed by atoms with van der Waals surface area (Å²) in [5.41, 5.74) is -0.745. The lowest BCUT2D eigenvalue weighted by Gasteiger charge is -2.11. The molecule has 2 aromatic rings. The molecule has 1 aromatic heterocycles. The molecule has 112 valence electrons. The van der Waals surface area contributed by atoms with Crippen molar-refractivity contribution in [2.45, 2.75) is 39.2 Å². The third kappa shape index (κ3) is 3.04. The molecule has 0 amide bonds. The normalized spacial score (nSPS) is 10.9. The highest BCUT2D eigenvalue weighted by atomic mass is 16.4. The van der Waals surface area contributed by atoms with E-state index in [4.69, 9.17) is 0 Å². The van der Waals surface area contributed by atoms with Gasteiger partial charge in [0.05, 0.1) is 16.6 Å². The number of unbranched alkanes of at least 4 members (excludes halogenated alkanes) is 3. The first kappa shape index (κ1) is 15.0. The number of fused-ring (bicyclic) bond motifs is 1. The molecule has 0 radical (unpaired) electrons. The molecule has 1 heterocycles. The highest BCUT2D eigenvalue weighted by Gasteiger charge is 2.15. The van der Waals surface area contributed by atoms with Crippen molar-refractivity contribution in [3.8, 4) is 0 Å². The summed E-state index contributed by atoms with van der Waals surface area (Å²) in [4.78, 5) is 37.5. The number of H-pyrrole nitrogens is 1. The molecule has 0 saturated heterocycles. The van der Waals surface area contributed by atoms with Crippen LogP contribution in [0.2, 0.25) is 0 Å². The van der Waals surface area contributed by atoms with Crippen LogP contribution in [0.4, 0.5) is 0 Å². The molecule has 1 aromatic carbocycles. The van der Waals surface area contributed by atoms with E-state index in [9.17, 15) is 19.5 Å². The highest BCUT2D eigenvalue weighted by molar-refractivity contribution is 6.00. The molecule has 2 rings (SSSR count). The summed E-state index contributed by atoms with van der Waals surface area (Å²) < 4.78 is 1.28. The fraction of sp³-hybridized carbons (Fsp3) is 0.400. The third-order valence-electron chi connectivity index (χ3n) is 3.46. The van der Waals surface area contributed by atoms with E-state index in [1.54, 1.807) is 12.1 Å². The Morgan fingerprint density at radius 3 is 2.67 bits per heavy atom. The standard InChI is InChI=1S/C15H18N2O4/c1-2-3-4-5-9-17-12-10(15(20)21)7-6-8-11(12)16-13(18)14(17)19/h6-8H,2-5,9H2,1H3,(H,16,18)(H,20,21). The fourth-order valence-corrected chi connectivity index (χ4v) is 2.42. The largest absolute Gasteiger partial charge is 0.478 e. The number of nitrogens with one attached hydrogen (secondary N) is 1. The number of hydrogen-bond acceptors (Lipinski definition) is 3. The molecule has 0 aliphatic rings. The van der Waals surface area contributed by atoms with Crippen LogP contribution in [-0.2, 0) is 6.54 Å². The van der Waals surface area contributed by atoms with Crippen molar-refractivity contribution >= 4 is 17.0 Å². The predicted octanol–water partition coefficient (Wildman–Crippen LogP) is 1.97. The molecule has 0 saturated carbocycles. The molecule has 2 N–H and O–H groups in total. The van der Waals surface area contributed by atoms with Gasteiger partial charge in [-0.3, -0.25) is 9.59 Å². The second-order valence-electron chi connectivity index (χ2n) is 4.98. The van der Waals surface area contributed by atoms with E-state index in [-0.39, 0.29) is 11.1 Å². The number of hydrogen-bond donors (Lipinski definition) is 2. The van der Waals surface area contributed by atoms with Crippen LogP contribution in [0.5, 0.6) is 0 Å². The number of benzene rings is 1. The SMILES string of the molecule is CCCCCCn1c(=O)c(=O)[nH]c2cccc(C(=O)O)c21. The van der Waals surface area contributed by atoms with E-state index in [1.165, 1.54) is 10.6 Å². The summed E-state index contributed by atoms with van der Waals surface area (Å²) in [6.07, 6.45) is 3.78. The lowest BCUT2D eigenvalue weighted by molar-refractivity contribution is 0.0698. The molecule has 6 nitrogen and oxygen atoms in total. The molecular weight excluding hydrogens is 272 g/mol. The van der Waals surface area contributed by atoms with Crippen LogP contribution in [0.1, 0.15) is 43.0 Å². The van der Waals surface area contributed by atoms with Gasteiger partial charge in [0.15, 0.2) is 0 Å². The van der Waals surface area contributed by atoms with Gasteiger partial charge in [-0.25, -0.2) is 4.79 Å². The van der Waals surface area contributed by atoms with Gasteiger partial charge in [-0.2, -0.15) is 0 Å². The average molecular weight is 290 g/mol. The number of aromatic nitrogens is 2. The average Bonchev–Trinajstić information content (AvgIpc) is 2.46. The summed E-state index contributed by atoms with van der Waals surface area (Å²) in [5.74, 6) is -1.12. The maximum absolute atomic E-state index is 12.0. The molecule has 0 fully saturated rings. The van der Waals surface area contributed by atoms with Crippen molar-refractivity contribution in [2.24, 2.45) is 0 Å². The Balaban J connectivity index is 2.59. The number of carboxylic acid groups (broad SMARTS) is 1. The number of aryl methyl sites for hydroxylation is 1. The summed E-state index contributed by atoms with van der Waals surface area (Å²) in [7, 11) is 0. The number of para-hydroxylation sites is 1. The summed E-state index contributed by atoms with van der Waals surface area (Å²) in [6.45, 7) is 2.43. The molecule has 6 heteroatoms. The Kier molecular flexibility index (Phi) is 4.57. The van der Waals surface area contributed by atoms with Crippen molar-refractivity contribution in [2.75, 3.05) is 0 Å². The Morgan fingerprint density at radius 1 is 1.24 bits per heavy atom. The summed E-state index contributed by atoms with van der Waals surface area (Å²) in [6, 6.07) is 4.59. The number of aromatic amines is 1. The molecule has 0 atom stereocenters. The van der Waals surface area contributed by atoms with Gasteiger partial charge in [-0.1, -0.05) is 32.3 Å². The minimum absolute atomic E-state index is 0.0244. The van der Waals surface area contributed by atoms with Gasteiger partial charge in [-0.15, -0.1) is 0 Å². The van der Waals surface area contributed by atoms with Crippen LogP contribution in [0.25, 0.3) is 11.0 Å². The first-order chi connectivity index (χ1) is 10.1. The van der Waals surface area contributed by atoms with Gasteiger partial charge in [0, 0.05) is 6.54 Å². The van der Waals surface area contributed by atoms with Crippen molar-refractivity contribution in [1.82, 2.24) is 9.55 Å². The first-order valence-corrected chi connectivity index (χ1v) is 7.05. The Bertz CT molecular complexity index is 773. The Morgan fingerprint density at radius 2 is 2.00 bits per heavy atom. The molecule has 21 heavy (non-hydrogen) atoms. The van der Waals surface area contributed by atoms with Crippen LogP contribution >= 0.6 is 0 Å². The zero-order valence-corrected chi connectivity index (χ0v) is 11.9. The Hall–Kier alpha value is -2.37. The van der Waals surface area contributed by atoms with E-state index in [0.717, 1.165) is 25.7 Å². The van der Waals surface area contributed by atoms with Gasteiger partial charge in [0.2, 0.25) is 0 Å². The highest BCUT2D eigenvalue weighted by Crippen LogP contribution is 2.15. The fourth-order valence-electron chi connectivity index (χ4n) is 2.42. The quantitative estimate of drug-likeness (QED) is 0.628. The molecule has 0 aliphatic heterocycles. The Labute approximate surface area is 121 Å². The molecule has 0 bridgehead atoms. The summed E-state index contributed by atoms with van der Waals surface area (Å²) >= 11 is 0. The minimum Gasteiger partial charge on any atom is -0.478 e. The van der Waals surface area contributed by atoms with Gasteiger partial charge in [0.25, 0.3) is 0 Å². The number of aromatic carboxylic acids is 1. The summed E-state index contributed by atoms with van der Waals surface area (Å²) in [5, 5.41) is 9.27. The lowest BCUT2D eigenvalue weighted by Crippen LogP contribution is -2.37. The predicted molar refractivity (Wildman–Crippen MR) is 79.9 cm³/mol. The van der Waals surface area contributed by atoms with E-state index >= 15 is 0 Å². The number of rotatable bonds is 6. The minimum atomic E-state index is -1.12. The second-order valence-corrected chi connectivity index (χ2v) is 4.98. The van der Waals surface area contributed by atoms with Gasteiger partial charge < -0.3 is 14.7 Å². The van der Waals surface area contributed by atoms with Crippen LogP contribution < -0.4 is 11.1 Å². The van der Waals surface area contributed by atoms with E-state index in [2.05, 4.69) is 11.9 Å². The second kappa shape index (κ2) is 6.39. The van der Waals surface area contributed by atoms with Gasteiger partial charge in [-0.05, 0) is 18.6 Å². The van der Waals surface area contributed by atoms with Crippen LogP contribution in [0.3, 0.4) is 0 Å². The van der Waals surface area contributed by atoms with Gasteiger partial charge >= 0.3 is 17.1 Å². The van der Waals surface area contributed by atoms with Crippen molar-refractivity contribution in [3.63, 3.8) is 0 Å². The molecule has 0 aliphatic carbocycles. The first-order valence-electron chi connectivity index (χ1n) is 7.05. The van der Waals surface area contributed by atoms with Crippen molar-refractivity contribution in [1.29, 1.82) is 0 Å². The third-order valence-corrected chi connectivity index (χ3v) is 3.46. The van der Waals surface area contributed by atoms with Crippen LogP contribution in [-0.4, -0.2) is 20.6 Å². The van der Waals surface area contributed by atoms with E-state index in [1.807, 2.05) is 0 Å². The molecule has 0 unspecified atom stereocenters. The van der Waals surface area contributed by atoms with Crippen LogP contribution in [0.15, 0.2) is 27.8 Å². The van der Waals surface area contributed by atoms with Crippen molar-refractivity contribution in [3.05, 3.63) is 44.5 Å².